The molecule has 1 heterocycles. The monoisotopic (exact) mass is 326 g/mol. The number of aromatic nitrogens is 1. The van der Waals surface area contributed by atoms with Crippen LogP contribution in [0.15, 0.2) is 33.7 Å². The fraction of sp³-hybridized carbons (Fsp3) is 0.154. The van der Waals surface area contributed by atoms with Crippen LogP contribution in [0.3, 0.4) is 0 Å². The second-order valence-electron chi connectivity index (χ2n) is 4.12. The van der Waals surface area contributed by atoms with E-state index in [4.69, 9.17) is 21.2 Å². The van der Waals surface area contributed by atoms with Crippen molar-refractivity contribution in [1.29, 1.82) is 0 Å². The lowest BCUT2D eigenvalue weighted by molar-refractivity contribution is -0.113. The highest BCUT2D eigenvalue weighted by Gasteiger charge is 2.11. The average Bonchev–Trinajstić information content (AvgIpc) is 2.82. The van der Waals surface area contributed by atoms with Gasteiger partial charge in [0.05, 0.1) is 22.0 Å². The number of carbonyl (C=O) groups is 2. The summed E-state index contributed by atoms with van der Waals surface area (Å²) in [6.07, 6.45) is 0. The predicted molar refractivity (Wildman–Crippen MR) is 79.0 cm³/mol. The van der Waals surface area contributed by atoms with E-state index in [2.05, 4.69) is 10.5 Å². The maximum absolute atomic E-state index is 11.7. The van der Waals surface area contributed by atoms with Crippen molar-refractivity contribution in [3.8, 4) is 0 Å². The number of benzene rings is 1. The predicted octanol–water partition coefficient (Wildman–Crippen LogP) is 3.07. The van der Waals surface area contributed by atoms with Crippen molar-refractivity contribution < 1.29 is 19.2 Å². The summed E-state index contributed by atoms with van der Waals surface area (Å²) in [7, 11) is 0. The highest BCUT2D eigenvalue weighted by molar-refractivity contribution is 8.00. The number of amides is 1. The van der Waals surface area contributed by atoms with Gasteiger partial charge in [0.1, 0.15) is 0 Å². The molecule has 0 radical (unpaired) electrons. The molecule has 1 aromatic carbocycles. The molecule has 110 valence electrons. The fourth-order valence-electron chi connectivity index (χ4n) is 1.50. The van der Waals surface area contributed by atoms with Crippen LogP contribution in [-0.2, 0) is 4.79 Å². The van der Waals surface area contributed by atoms with Gasteiger partial charge in [0.25, 0.3) is 0 Å². The van der Waals surface area contributed by atoms with Gasteiger partial charge in [-0.05, 0) is 25.1 Å². The average molecular weight is 327 g/mol. The summed E-state index contributed by atoms with van der Waals surface area (Å²) in [4.78, 5) is 23.3. The summed E-state index contributed by atoms with van der Waals surface area (Å²) in [6, 6.07) is 6.19. The van der Waals surface area contributed by atoms with Crippen LogP contribution in [0.1, 0.15) is 16.1 Å². The number of carboxylic acids is 1. The zero-order valence-electron chi connectivity index (χ0n) is 10.9. The number of carbonyl (C=O) groups excluding carboxylic acids is 1. The maximum atomic E-state index is 11.7. The molecular formula is C13H11ClN2O4S. The molecule has 0 aliphatic carbocycles. The van der Waals surface area contributed by atoms with Gasteiger partial charge in [-0.1, -0.05) is 16.8 Å². The largest absolute Gasteiger partial charge is 0.478 e. The lowest BCUT2D eigenvalue weighted by Crippen LogP contribution is -2.13. The molecule has 0 bridgehead atoms. The Kier molecular flexibility index (Phi) is 4.87. The number of nitrogens with one attached hydrogen (secondary N) is 1. The van der Waals surface area contributed by atoms with Crippen molar-refractivity contribution in [1.82, 2.24) is 5.16 Å². The first-order valence-corrected chi connectivity index (χ1v) is 7.21. The molecule has 0 saturated carbocycles. The van der Waals surface area contributed by atoms with E-state index in [0.29, 0.717) is 10.6 Å². The van der Waals surface area contributed by atoms with E-state index >= 15 is 0 Å². The maximum Gasteiger partial charge on any atom is 0.337 e. The summed E-state index contributed by atoms with van der Waals surface area (Å²) < 4.78 is 4.87. The van der Waals surface area contributed by atoms with Crippen molar-refractivity contribution >= 4 is 41.1 Å². The second-order valence-corrected chi connectivity index (χ2v) is 5.57. The van der Waals surface area contributed by atoms with Crippen molar-refractivity contribution in [2.45, 2.75) is 11.8 Å². The first-order valence-electron chi connectivity index (χ1n) is 5.84. The lowest BCUT2D eigenvalue weighted by Gasteiger charge is -2.04. The van der Waals surface area contributed by atoms with Crippen LogP contribution in [0.4, 0.5) is 5.88 Å². The van der Waals surface area contributed by atoms with E-state index in [0.717, 1.165) is 0 Å². The number of nitrogens with zero attached hydrogens (tertiary/aromatic N) is 1. The van der Waals surface area contributed by atoms with Crippen LogP contribution in [0.5, 0.6) is 0 Å². The summed E-state index contributed by atoms with van der Waals surface area (Å²) >= 11 is 6.97. The SMILES string of the molecule is Cc1cc(NC(=O)CSc2ccc(Cl)c(C(=O)O)c2)on1. The van der Waals surface area contributed by atoms with Crippen LogP contribution in [0, 0.1) is 6.92 Å². The molecule has 1 amide bonds. The topological polar surface area (TPSA) is 92.4 Å². The summed E-state index contributed by atoms with van der Waals surface area (Å²) in [5.41, 5.74) is 0.676. The molecule has 2 rings (SSSR count). The third kappa shape index (κ3) is 4.24. The Morgan fingerprint density at radius 2 is 2.19 bits per heavy atom. The van der Waals surface area contributed by atoms with Gasteiger partial charge >= 0.3 is 5.97 Å². The zero-order valence-corrected chi connectivity index (χ0v) is 12.5. The van der Waals surface area contributed by atoms with Gasteiger partial charge in [0, 0.05) is 11.0 Å². The van der Waals surface area contributed by atoms with Gasteiger partial charge in [-0.3, -0.25) is 10.1 Å². The quantitative estimate of drug-likeness (QED) is 0.820. The molecule has 2 N–H and O–H groups in total. The molecule has 21 heavy (non-hydrogen) atoms. The third-order valence-corrected chi connectivity index (χ3v) is 3.75. The van der Waals surface area contributed by atoms with Gasteiger partial charge < -0.3 is 9.63 Å². The Morgan fingerprint density at radius 3 is 2.81 bits per heavy atom. The van der Waals surface area contributed by atoms with E-state index in [1.165, 1.54) is 23.9 Å². The van der Waals surface area contributed by atoms with Crippen molar-refractivity contribution in [3.63, 3.8) is 0 Å². The number of anilines is 1. The molecule has 0 fully saturated rings. The van der Waals surface area contributed by atoms with Gasteiger partial charge in [0.2, 0.25) is 11.8 Å². The number of hydrogen-bond acceptors (Lipinski definition) is 5. The summed E-state index contributed by atoms with van der Waals surface area (Å²) in [5, 5.41) is 15.3. The molecule has 8 heteroatoms. The van der Waals surface area contributed by atoms with Gasteiger partial charge in [-0.2, -0.15) is 0 Å². The molecular weight excluding hydrogens is 316 g/mol. The van der Waals surface area contributed by atoms with Gasteiger partial charge in [0.15, 0.2) is 0 Å². The second kappa shape index (κ2) is 6.64. The molecule has 0 saturated heterocycles. The highest BCUT2D eigenvalue weighted by atomic mass is 35.5. The van der Waals surface area contributed by atoms with E-state index in [-0.39, 0.29) is 28.1 Å². The highest BCUT2D eigenvalue weighted by Crippen LogP contribution is 2.24. The van der Waals surface area contributed by atoms with Crippen LogP contribution in [-0.4, -0.2) is 27.9 Å². The van der Waals surface area contributed by atoms with E-state index in [9.17, 15) is 9.59 Å². The molecule has 0 unspecified atom stereocenters. The van der Waals surface area contributed by atoms with Crippen molar-refractivity contribution in [2.24, 2.45) is 0 Å². The number of halogens is 1. The van der Waals surface area contributed by atoms with Gasteiger partial charge in [-0.25, -0.2) is 4.79 Å². The Bertz CT molecular complexity index is 687. The summed E-state index contributed by atoms with van der Waals surface area (Å²) in [6.45, 7) is 1.75. The summed E-state index contributed by atoms with van der Waals surface area (Å²) in [5.74, 6) is -0.993. The standard InChI is InChI=1S/C13H11ClN2O4S/c1-7-4-12(20-16-7)15-11(17)6-21-8-2-3-10(14)9(5-8)13(18)19/h2-5H,6H2,1H3,(H,15,17)(H,18,19). The molecule has 2 aromatic rings. The number of aromatic carboxylic acids is 1. The zero-order chi connectivity index (χ0) is 15.4. The van der Waals surface area contributed by atoms with E-state index in [1.54, 1.807) is 19.1 Å². The molecule has 0 spiro atoms. The van der Waals surface area contributed by atoms with Crippen LogP contribution >= 0.6 is 23.4 Å². The van der Waals surface area contributed by atoms with Crippen LogP contribution in [0.25, 0.3) is 0 Å². The molecule has 0 atom stereocenters. The molecule has 6 nitrogen and oxygen atoms in total. The first kappa shape index (κ1) is 15.4. The normalized spacial score (nSPS) is 10.4. The molecule has 0 aliphatic rings. The Hall–Kier alpha value is -1.99. The Balaban J connectivity index is 1.95. The first-order chi connectivity index (χ1) is 9.95. The van der Waals surface area contributed by atoms with E-state index in [1.807, 2.05) is 0 Å². The van der Waals surface area contributed by atoms with Crippen molar-refractivity contribution in [3.05, 3.63) is 40.5 Å². The Labute approximate surface area is 129 Å². The number of aryl methyl sites for hydroxylation is 1. The number of carboxylic acid groups (broad SMARTS) is 1. The lowest BCUT2D eigenvalue weighted by atomic mass is 10.2. The fourth-order valence-corrected chi connectivity index (χ4v) is 2.44. The Morgan fingerprint density at radius 1 is 1.43 bits per heavy atom. The minimum Gasteiger partial charge on any atom is -0.478 e. The molecule has 1 aromatic heterocycles. The smallest absolute Gasteiger partial charge is 0.337 e. The van der Waals surface area contributed by atoms with Gasteiger partial charge in [-0.15, -0.1) is 11.8 Å². The van der Waals surface area contributed by atoms with Crippen LogP contribution < -0.4 is 5.32 Å². The number of hydrogen-bond donors (Lipinski definition) is 2. The number of thioether (sulfide) groups is 1. The van der Waals surface area contributed by atoms with Crippen LogP contribution in [0.2, 0.25) is 5.02 Å². The minimum absolute atomic E-state index is 0.00735. The minimum atomic E-state index is -1.11. The number of rotatable bonds is 5. The van der Waals surface area contributed by atoms with Crippen molar-refractivity contribution in [2.75, 3.05) is 11.1 Å². The third-order valence-electron chi connectivity index (χ3n) is 2.43. The van der Waals surface area contributed by atoms with E-state index < -0.39 is 5.97 Å². The molecule has 0 aliphatic heterocycles.